The van der Waals surface area contributed by atoms with Crippen LogP contribution in [0.5, 0.6) is 0 Å². The molecule has 0 saturated carbocycles. The third-order valence-electron chi connectivity index (χ3n) is 3.25. The first-order chi connectivity index (χ1) is 12.5. The molecule has 0 bridgehead atoms. The fourth-order valence-electron chi connectivity index (χ4n) is 2.16. The fraction of sp³-hybridized carbons (Fsp3) is 0.364. The van der Waals surface area contributed by atoms with Gasteiger partial charge in [-0.3, -0.25) is 9.59 Å². The molecule has 2 rings (SSSR count). The maximum atomic E-state index is 12.4. The van der Waals surface area contributed by atoms with E-state index in [-0.39, 0.29) is 49.0 Å². The maximum Gasteiger partial charge on any atom is 1.00 e. The number of carbonyl (C=O) groups is 3. The molecule has 0 spiro atoms. The number of nitrogens with two attached hydrogens (primary N) is 1. The van der Waals surface area contributed by atoms with Crippen molar-refractivity contribution in [1.82, 2.24) is 14.6 Å². The summed E-state index contributed by atoms with van der Waals surface area (Å²) in [7, 11) is -3.26. The number of anilines is 1. The number of nitrogens with one attached hydrogen (secondary N) is 1. The molecule has 1 aromatic heterocycles. The number of thiazole rings is 1. The topological polar surface area (TPSA) is 193 Å². The first-order valence-electron chi connectivity index (χ1n) is 6.74. The molecule has 2 atom stereocenters. The molecule has 2 amide bonds. The number of β-lactam (4-membered cyclic amide) rings is 1. The van der Waals surface area contributed by atoms with E-state index in [1.807, 2.05) is 0 Å². The van der Waals surface area contributed by atoms with Gasteiger partial charge in [-0.05, 0) is 0 Å². The molecule has 28 heavy (non-hydrogen) atoms. The van der Waals surface area contributed by atoms with E-state index in [2.05, 4.69) is 25.0 Å². The SMILES string of the molecule is CON=C(C(=O)N[C@@H]1C(=O)N(S(=O)(=O)[O-])[C@@H]1C(=O)OC)c1nc(N)sc1Cl.[Na+]. The molecule has 0 aromatic carbocycles. The predicted octanol–water partition coefficient (Wildman–Crippen LogP) is -4.94. The van der Waals surface area contributed by atoms with Gasteiger partial charge in [-0.25, -0.2) is 22.5 Å². The van der Waals surface area contributed by atoms with Crippen molar-refractivity contribution < 1.29 is 66.5 Å². The van der Waals surface area contributed by atoms with E-state index in [4.69, 9.17) is 17.3 Å². The van der Waals surface area contributed by atoms with Gasteiger partial charge in [0.2, 0.25) is 0 Å². The van der Waals surface area contributed by atoms with E-state index >= 15 is 0 Å². The minimum absolute atomic E-state index is 0. The number of amides is 2. The molecule has 3 N–H and O–H groups in total. The predicted molar refractivity (Wildman–Crippen MR) is 89.4 cm³/mol. The van der Waals surface area contributed by atoms with Crippen molar-refractivity contribution in [2.75, 3.05) is 20.0 Å². The van der Waals surface area contributed by atoms with E-state index in [0.717, 1.165) is 25.6 Å². The molecule has 2 heterocycles. The molecule has 0 radical (unpaired) electrons. The Bertz CT molecular complexity index is 935. The Morgan fingerprint density at radius 1 is 1.43 bits per heavy atom. The molecule has 148 valence electrons. The number of oxime groups is 1. The summed E-state index contributed by atoms with van der Waals surface area (Å²) in [6.07, 6.45) is 0. The molecule has 1 fully saturated rings. The number of hydrogen-bond donors (Lipinski definition) is 2. The standard InChI is InChI=1S/C11H12ClN5O8S2.Na/c1-24-10(20)6-5(9(19)17(6)27(21,22)23)14-8(18)4(16-25-2)3-7(12)26-11(13)15-3;/h5-6H,1-2H3,(H2,13,15)(H,14,18)(H,21,22,23);/q;+1/p-1/t5-,6-;/m0./s1. The Kier molecular flexibility index (Phi) is 8.19. The zero-order valence-electron chi connectivity index (χ0n) is 14.5. The van der Waals surface area contributed by atoms with Crippen molar-refractivity contribution in [2.45, 2.75) is 12.1 Å². The Hall–Kier alpha value is -1.49. The van der Waals surface area contributed by atoms with E-state index < -0.39 is 45.9 Å². The third kappa shape index (κ3) is 4.73. The van der Waals surface area contributed by atoms with Crippen LogP contribution in [0, 0.1) is 0 Å². The zero-order valence-corrected chi connectivity index (χ0v) is 18.9. The van der Waals surface area contributed by atoms with Gasteiger partial charge in [0.25, 0.3) is 11.8 Å². The normalized spacial score (nSPS) is 19.4. The van der Waals surface area contributed by atoms with Crippen LogP contribution in [0.25, 0.3) is 0 Å². The fourth-order valence-corrected chi connectivity index (χ4v) is 3.91. The van der Waals surface area contributed by atoms with Crippen molar-refractivity contribution in [3.8, 4) is 0 Å². The third-order valence-corrected chi connectivity index (χ3v) is 5.22. The molecule has 1 aliphatic rings. The van der Waals surface area contributed by atoms with Gasteiger partial charge in [-0.2, -0.15) is 0 Å². The maximum absolute atomic E-state index is 12.4. The van der Waals surface area contributed by atoms with Crippen LogP contribution in [0.2, 0.25) is 4.34 Å². The van der Waals surface area contributed by atoms with E-state index in [0.29, 0.717) is 0 Å². The average molecular weight is 464 g/mol. The second-order valence-corrected chi connectivity index (χ2v) is 7.69. The summed E-state index contributed by atoms with van der Waals surface area (Å²) in [6, 6.07) is -3.56. The summed E-state index contributed by atoms with van der Waals surface area (Å²) >= 11 is 6.75. The summed E-state index contributed by atoms with van der Waals surface area (Å²) in [6.45, 7) is 0. The van der Waals surface area contributed by atoms with Crippen LogP contribution < -0.4 is 40.6 Å². The van der Waals surface area contributed by atoms with Crippen LogP contribution >= 0.6 is 22.9 Å². The number of halogens is 1. The number of methoxy groups -OCH3 is 1. The van der Waals surface area contributed by atoms with Gasteiger partial charge in [0.15, 0.2) is 27.2 Å². The summed E-state index contributed by atoms with van der Waals surface area (Å²) in [5.41, 5.74) is 4.84. The van der Waals surface area contributed by atoms with Gasteiger partial charge < -0.3 is 25.2 Å². The van der Waals surface area contributed by atoms with E-state index in [9.17, 15) is 27.4 Å². The molecular weight excluding hydrogens is 453 g/mol. The van der Waals surface area contributed by atoms with E-state index in [1.54, 1.807) is 0 Å². The number of carbonyl (C=O) groups excluding carboxylic acids is 3. The zero-order chi connectivity index (χ0) is 20.5. The Balaban J connectivity index is 0.00000392. The second kappa shape index (κ2) is 9.34. The molecule has 1 aromatic rings. The first kappa shape index (κ1) is 24.5. The molecule has 0 aliphatic carbocycles. The van der Waals surface area contributed by atoms with Crippen LogP contribution in [-0.4, -0.2) is 72.1 Å². The Morgan fingerprint density at radius 2 is 2.04 bits per heavy atom. The van der Waals surface area contributed by atoms with Crippen LogP contribution in [-0.2, 0) is 34.3 Å². The second-order valence-electron chi connectivity index (χ2n) is 4.81. The average Bonchev–Trinajstić information content (AvgIpc) is 2.90. The number of nitrogen functional groups attached to an aromatic ring is 1. The summed E-state index contributed by atoms with van der Waals surface area (Å²) in [5.74, 6) is -3.63. The summed E-state index contributed by atoms with van der Waals surface area (Å²) in [4.78, 5) is 44.5. The smallest absolute Gasteiger partial charge is 0.731 e. The van der Waals surface area contributed by atoms with Crippen LogP contribution in [0.1, 0.15) is 5.69 Å². The van der Waals surface area contributed by atoms with Crippen molar-refractivity contribution in [3.05, 3.63) is 10.0 Å². The van der Waals surface area contributed by atoms with Crippen molar-refractivity contribution in [3.63, 3.8) is 0 Å². The quantitative estimate of drug-likeness (QED) is 0.103. The van der Waals surface area contributed by atoms with Gasteiger partial charge in [-0.1, -0.05) is 28.1 Å². The van der Waals surface area contributed by atoms with Gasteiger partial charge in [0.1, 0.15) is 23.2 Å². The molecule has 1 saturated heterocycles. The minimum atomic E-state index is -5.30. The first-order valence-corrected chi connectivity index (χ1v) is 9.30. The van der Waals surface area contributed by atoms with Crippen LogP contribution in [0.4, 0.5) is 5.13 Å². The van der Waals surface area contributed by atoms with Crippen molar-refractivity contribution >= 4 is 61.9 Å². The van der Waals surface area contributed by atoms with E-state index in [1.165, 1.54) is 0 Å². The van der Waals surface area contributed by atoms with Crippen LogP contribution in [0.15, 0.2) is 5.16 Å². The molecular formula is C11H11ClN5NaO8S2. The van der Waals surface area contributed by atoms with Gasteiger partial charge in [0.05, 0.1) is 7.11 Å². The van der Waals surface area contributed by atoms with Crippen molar-refractivity contribution in [2.24, 2.45) is 5.16 Å². The van der Waals surface area contributed by atoms with Gasteiger partial charge in [-0.15, -0.1) is 0 Å². The number of hydrogen-bond acceptors (Lipinski definition) is 12. The van der Waals surface area contributed by atoms with Gasteiger partial charge >= 0.3 is 35.5 Å². The number of rotatable bonds is 6. The molecule has 17 heteroatoms. The summed E-state index contributed by atoms with van der Waals surface area (Å²) in [5, 5.41) is 5.54. The largest absolute Gasteiger partial charge is 1.00 e. The molecule has 13 nitrogen and oxygen atoms in total. The summed E-state index contributed by atoms with van der Waals surface area (Å²) < 4.78 is 37.5. The number of esters is 1. The number of ether oxygens (including phenoxy) is 1. The molecule has 0 unspecified atom stereocenters. The molecule has 1 aliphatic heterocycles. The van der Waals surface area contributed by atoms with Crippen LogP contribution in [0.3, 0.4) is 0 Å². The van der Waals surface area contributed by atoms with Gasteiger partial charge in [0, 0.05) is 0 Å². The Labute approximate surface area is 189 Å². The number of aromatic nitrogens is 1. The Morgan fingerprint density at radius 3 is 2.46 bits per heavy atom. The minimum Gasteiger partial charge on any atom is -0.731 e. The number of nitrogens with zero attached hydrogens (tertiary/aromatic N) is 3. The van der Waals surface area contributed by atoms with Crippen molar-refractivity contribution in [1.29, 1.82) is 0 Å². The monoisotopic (exact) mass is 463 g/mol.